The molecule has 2 unspecified atom stereocenters. The van der Waals surface area contributed by atoms with E-state index < -0.39 is 27.2 Å². The number of aliphatic carboxylic acids is 1. The first-order valence-electron chi connectivity index (χ1n) is 6.98. The minimum atomic E-state index is -3.70. The Balaban J connectivity index is 1.98. The van der Waals surface area contributed by atoms with E-state index in [-0.39, 0.29) is 13.2 Å². The van der Waals surface area contributed by atoms with E-state index in [0.717, 1.165) is 0 Å². The van der Waals surface area contributed by atoms with Crippen molar-refractivity contribution in [1.29, 1.82) is 0 Å². The zero-order valence-electron chi connectivity index (χ0n) is 11.4. The number of fused-ring (bicyclic) bond motifs is 1. The van der Waals surface area contributed by atoms with Gasteiger partial charge in [-0.15, -0.1) is 0 Å². The number of benzene rings is 1. The van der Waals surface area contributed by atoms with Gasteiger partial charge in [0.15, 0.2) is 0 Å². The number of hydrogen-bond donors (Lipinski definition) is 1. The molecule has 0 saturated heterocycles. The molecular formula is C14H17NO5S. The first-order chi connectivity index (χ1) is 10.0. The Kier molecular flexibility index (Phi) is 3.52. The second kappa shape index (κ2) is 5.22. The maximum absolute atomic E-state index is 12.9. The molecule has 0 aromatic heterocycles. The lowest BCUT2D eigenvalue weighted by molar-refractivity contribution is -0.141. The number of ether oxygens (including phenoxy) is 1. The summed E-state index contributed by atoms with van der Waals surface area (Å²) in [7, 11) is -3.70. The van der Waals surface area contributed by atoms with Crippen LogP contribution in [0.4, 0.5) is 5.69 Å². The third-order valence-electron chi connectivity index (χ3n) is 4.15. The van der Waals surface area contributed by atoms with Crippen LogP contribution in [0.2, 0.25) is 0 Å². The monoisotopic (exact) mass is 311 g/mol. The SMILES string of the molecule is O=C(O)C1CCCC1S(=O)(=O)N1CCOc2ccccc21. The highest BCUT2D eigenvalue weighted by molar-refractivity contribution is 7.93. The minimum absolute atomic E-state index is 0.224. The molecule has 1 aromatic rings. The Hall–Kier alpha value is -1.76. The van der Waals surface area contributed by atoms with Gasteiger partial charge in [0.25, 0.3) is 0 Å². The Morgan fingerprint density at radius 3 is 2.81 bits per heavy atom. The number of anilines is 1. The number of para-hydroxylation sites is 2. The van der Waals surface area contributed by atoms with Gasteiger partial charge in [-0.1, -0.05) is 18.6 Å². The average Bonchev–Trinajstić information content (AvgIpc) is 2.97. The molecule has 21 heavy (non-hydrogen) atoms. The smallest absolute Gasteiger partial charge is 0.307 e. The van der Waals surface area contributed by atoms with E-state index in [0.29, 0.717) is 30.7 Å². The summed E-state index contributed by atoms with van der Waals surface area (Å²) in [6.07, 6.45) is 1.46. The van der Waals surface area contributed by atoms with Gasteiger partial charge < -0.3 is 9.84 Å². The van der Waals surface area contributed by atoms with Crippen molar-refractivity contribution in [2.24, 2.45) is 5.92 Å². The van der Waals surface area contributed by atoms with Crippen LogP contribution < -0.4 is 9.04 Å². The lowest BCUT2D eigenvalue weighted by Gasteiger charge is -2.33. The quantitative estimate of drug-likeness (QED) is 0.914. The van der Waals surface area contributed by atoms with Gasteiger partial charge >= 0.3 is 5.97 Å². The fraction of sp³-hybridized carbons (Fsp3) is 0.500. The van der Waals surface area contributed by atoms with Crippen molar-refractivity contribution in [1.82, 2.24) is 0 Å². The molecule has 2 atom stereocenters. The van der Waals surface area contributed by atoms with Gasteiger partial charge in [0, 0.05) is 0 Å². The summed E-state index contributed by atoms with van der Waals surface area (Å²) >= 11 is 0. The van der Waals surface area contributed by atoms with Crippen molar-refractivity contribution in [3.8, 4) is 5.75 Å². The molecule has 1 N–H and O–H groups in total. The second-order valence-electron chi connectivity index (χ2n) is 5.35. The Morgan fingerprint density at radius 2 is 2.05 bits per heavy atom. The largest absolute Gasteiger partial charge is 0.489 e. The van der Waals surface area contributed by atoms with Gasteiger partial charge in [0.05, 0.1) is 23.4 Å². The van der Waals surface area contributed by atoms with Crippen LogP contribution in [0.1, 0.15) is 19.3 Å². The lowest BCUT2D eigenvalue weighted by atomic mass is 10.1. The fourth-order valence-electron chi connectivity index (χ4n) is 3.14. The highest BCUT2D eigenvalue weighted by Gasteiger charge is 2.45. The van der Waals surface area contributed by atoms with Crippen LogP contribution in [-0.4, -0.2) is 37.9 Å². The van der Waals surface area contributed by atoms with Crippen molar-refractivity contribution < 1.29 is 23.1 Å². The topological polar surface area (TPSA) is 83.9 Å². The van der Waals surface area contributed by atoms with Crippen LogP contribution >= 0.6 is 0 Å². The molecule has 7 heteroatoms. The molecule has 3 rings (SSSR count). The lowest BCUT2D eigenvalue weighted by Crippen LogP contribution is -2.45. The summed E-state index contributed by atoms with van der Waals surface area (Å²) < 4.78 is 32.5. The summed E-state index contributed by atoms with van der Waals surface area (Å²) in [5.74, 6) is -1.31. The Morgan fingerprint density at radius 1 is 1.29 bits per heavy atom. The van der Waals surface area contributed by atoms with E-state index in [4.69, 9.17) is 4.74 Å². The fourth-order valence-corrected chi connectivity index (χ4v) is 5.35. The number of carbonyl (C=O) groups is 1. The van der Waals surface area contributed by atoms with Crippen molar-refractivity contribution in [3.63, 3.8) is 0 Å². The van der Waals surface area contributed by atoms with Crippen molar-refractivity contribution >= 4 is 21.7 Å². The zero-order chi connectivity index (χ0) is 15.0. The predicted octanol–water partition coefficient (Wildman–Crippen LogP) is 1.47. The number of sulfonamides is 1. The highest BCUT2D eigenvalue weighted by atomic mass is 32.2. The average molecular weight is 311 g/mol. The molecule has 1 aliphatic carbocycles. The van der Waals surface area contributed by atoms with Crippen LogP contribution in [0.25, 0.3) is 0 Å². The van der Waals surface area contributed by atoms with E-state index >= 15 is 0 Å². The van der Waals surface area contributed by atoms with Gasteiger partial charge in [0.2, 0.25) is 10.0 Å². The molecule has 1 heterocycles. The van der Waals surface area contributed by atoms with Crippen LogP contribution in [-0.2, 0) is 14.8 Å². The molecule has 1 saturated carbocycles. The molecule has 0 radical (unpaired) electrons. The van der Waals surface area contributed by atoms with Gasteiger partial charge in [0.1, 0.15) is 12.4 Å². The third kappa shape index (κ3) is 2.35. The van der Waals surface area contributed by atoms with Gasteiger partial charge in [-0.3, -0.25) is 9.10 Å². The molecule has 1 aromatic carbocycles. The number of hydrogen-bond acceptors (Lipinski definition) is 4. The molecule has 6 nitrogen and oxygen atoms in total. The summed E-state index contributed by atoms with van der Waals surface area (Å²) in [6, 6.07) is 6.95. The summed E-state index contributed by atoms with van der Waals surface area (Å²) in [4.78, 5) is 11.3. The molecule has 2 aliphatic rings. The van der Waals surface area contributed by atoms with E-state index in [1.807, 2.05) is 0 Å². The van der Waals surface area contributed by atoms with Gasteiger partial charge in [-0.2, -0.15) is 0 Å². The standard InChI is InChI=1S/C14H17NO5S/c16-14(17)10-4-3-7-13(10)21(18,19)15-8-9-20-12-6-2-1-5-11(12)15/h1-2,5-6,10,13H,3-4,7-9H2,(H,16,17). The number of rotatable bonds is 3. The Bertz CT molecular complexity index is 657. The molecule has 1 aliphatic heterocycles. The van der Waals surface area contributed by atoms with E-state index in [1.54, 1.807) is 24.3 Å². The third-order valence-corrected chi connectivity index (χ3v) is 6.47. The normalized spacial score (nSPS) is 25.2. The molecule has 0 spiro atoms. The molecule has 0 amide bonds. The zero-order valence-corrected chi connectivity index (χ0v) is 12.3. The molecular weight excluding hydrogens is 294 g/mol. The van der Waals surface area contributed by atoms with Crippen molar-refractivity contribution in [3.05, 3.63) is 24.3 Å². The van der Waals surface area contributed by atoms with Crippen LogP contribution in [0.15, 0.2) is 24.3 Å². The van der Waals surface area contributed by atoms with Crippen LogP contribution in [0.5, 0.6) is 5.75 Å². The van der Waals surface area contributed by atoms with E-state index in [1.165, 1.54) is 4.31 Å². The summed E-state index contributed by atoms with van der Waals surface area (Å²) in [6.45, 7) is 0.503. The van der Waals surface area contributed by atoms with E-state index in [9.17, 15) is 18.3 Å². The maximum atomic E-state index is 12.9. The highest BCUT2D eigenvalue weighted by Crippen LogP contribution is 2.39. The van der Waals surface area contributed by atoms with Crippen LogP contribution in [0.3, 0.4) is 0 Å². The first kappa shape index (κ1) is 14.2. The van der Waals surface area contributed by atoms with Gasteiger partial charge in [-0.05, 0) is 25.0 Å². The van der Waals surface area contributed by atoms with Crippen molar-refractivity contribution in [2.75, 3.05) is 17.5 Å². The second-order valence-corrected chi connectivity index (χ2v) is 7.42. The number of carboxylic acid groups (broad SMARTS) is 1. The minimum Gasteiger partial charge on any atom is -0.489 e. The summed E-state index contributed by atoms with van der Waals surface area (Å²) in [5.41, 5.74) is 0.500. The number of nitrogens with zero attached hydrogens (tertiary/aromatic N) is 1. The molecule has 1 fully saturated rings. The number of carboxylic acids is 1. The van der Waals surface area contributed by atoms with Crippen LogP contribution in [0, 0.1) is 5.92 Å². The molecule has 0 bridgehead atoms. The maximum Gasteiger partial charge on any atom is 0.307 e. The predicted molar refractivity (Wildman–Crippen MR) is 77.0 cm³/mol. The van der Waals surface area contributed by atoms with Gasteiger partial charge in [-0.25, -0.2) is 8.42 Å². The van der Waals surface area contributed by atoms with Crippen molar-refractivity contribution in [2.45, 2.75) is 24.5 Å². The Labute approximate surface area is 123 Å². The molecule has 114 valence electrons. The first-order valence-corrected chi connectivity index (χ1v) is 8.48. The summed E-state index contributed by atoms with van der Waals surface area (Å²) in [5, 5.41) is 8.39. The van der Waals surface area contributed by atoms with E-state index in [2.05, 4.69) is 0 Å².